The molecule has 0 radical (unpaired) electrons. The Morgan fingerprint density at radius 3 is 2.68 bits per heavy atom. The molecule has 0 unspecified atom stereocenters. The van der Waals surface area contributed by atoms with Crippen LogP contribution in [0.1, 0.15) is 0 Å². The first kappa shape index (κ1) is 14.4. The Labute approximate surface area is 106 Å². The first-order valence-electron chi connectivity index (χ1n) is 4.99. The van der Waals surface area contributed by atoms with Crippen molar-refractivity contribution in [2.75, 3.05) is 18.9 Å². The molecule has 0 aromatic heterocycles. The molecule has 0 spiro atoms. The van der Waals surface area contributed by atoms with Crippen LogP contribution >= 0.6 is 0 Å². The summed E-state index contributed by atoms with van der Waals surface area (Å²) in [6.45, 7) is -0.581. The molecule has 0 aliphatic heterocycles. The zero-order valence-corrected chi connectivity index (χ0v) is 9.79. The number of hydrogen-bond acceptors (Lipinski definition) is 4. The molecule has 0 bridgehead atoms. The number of carboxylic acids is 1. The fourth-order valence-electron chi connectivity index (χ4n) is 1.21. The van der Waals surface area contributed by atoms with Crippen molar-refractivity contribution in [3.05, 3.63) is 34.1 Å². The standard InChI is InChI=1S/C10H10FN3O5/c1-13(5-9(15)16)10(17)12-8-4-6(14(18)19)2-3-7(8)11/h2-4H,5H2,1H3,(H,12,17)(H,15,16). The van der Waals surface area contributed by atoms with Gasteiger partial charge in [0, 0.05) is 19.2 Å². The molecule has 2 amide bonds. The number of carboxylic acid groups (broad SMARTS) is 1. The Hall–Kier alpha value is -2.71. The molecule has 1 rings (SSSR count). The summed E-state index contributed by atoms with van der Waals surface area (Å²) >= 11 is 0. The maximum atomic E-state index is 13.3. The smallest absolute Gasteiger partial charge is 0.323 e. The van der Waals surface area contributed by atoms with Crippen molar-refractivity contribution in [2.24, 2.45) is 0 Å². The van der Waals surface area contributed by atoms with Crippen LogP contribution in [0.5, 0.6) is 0 Å². The maximum absolute atomic E-state index is 13.3. The van der Waals surface area contributed by atoms with Gasteiger partial charge in [0.25, 0.3) is 5.69 Å². The summed E-state index contributed by atoms with van der Waals surface area (Å²) in [5, 5.41) is 21.1. The van der Waals surface area contributed by atoms with E-state index in [1.54, 1.807) is 0 Å². The van der Waals surface area contributed by atoms with Crippen LogP contribution in [-0.2, 0) is 4.79 Å². The Bertz CT molecular complexity index is 534. The van der Waals surface area contributed by atoms with Gasteiger partial charge in [0.2, 0.25) is 0 Å². The average molecular weight is 271 g/mol. The van der Waals surface area contributed by atoms with Crippen LogP contribution in [0.2, 0.25) is 0 Å². The van der Waals surface area contributed by atoms with E-state index in [-0.39, 0.29) is 0 Å². The zero-order chi connectivity index (χ0) is 14.6. The Balaban J connectivity index is 2.86. The van der Waals surface area contributed by atoms with Gasteiger partial charge in [-0.3, -0.25) is 14.9 Å². The van der Waals surface area contributed by atoms with Gasteiger partial charge in [-0.15, -0.1) is 0 Å². The first-order valence-corrected chi connectivity index (χ1v) is 4.99. The topological polar surface area (TPSA) is 113 Å². The van der Waals surface area contributed by atoms with E-state index in [9.17, 15) is 24.1 Å². The van der Waals surface area contributed by atoms with Crippen molar-refractivity contribution in [1.29, 1.82) is 0 Å². The molecule has 102 valence electrons. The number of rotatable bonds is 4. The van der Waals surface area contributed by atoms with Crippen molar-refractivity contribution in [1.82, 2.24) is 4.90 Å². The highest BCUT2D eigenvalue weighted by molar-refractivity contribution is 5.91. The van der Waals surface area contributed by atoms with Crippen LogP contribution in [-0.4, -0.2) is 40.5 Å². The van der Waals surface area contributed by atoms with Gasteiger partial charge in [-0.1, -0.05) is 0 Å². The first-order chi connectivity index (χ1) is 8.81. The van der Waals surface area contributed by atoms with Crippen molar-refractivity contribution in [3.63, 3.8) is 0 Å². The van der Waals surface area contributed by atoms with E-state index in [1.165, 1.54) is 7.05 Å². The van der Waals surface area contributed by atoms with Gasteiger partial charge in [-0.25, -0.2) is 9.18 Å². The monoisotopic (exact) mass is 271 g/mol. The number of amides is 2. The summed E-state index contributed by atoms with van der Waals surface area (Å²) in [5.41, 5.74) is -0.783. The molecule has 0 aliphatic rings. The predicted molar refractivity (Wildman–Crippen MR) is 62.3 cm³/mol. The normalized spacial score (nSPS) is 9.79. The van der Waals surface area contributed by atoms with Crippen LogP contribution in [0.25, 0.3) is 0 Å². The molecule has 19 heavy (non-hydrogen) atoms. The molecule has 0 aliphatic carbocycles. The lowest BCUT2D eigenvalue weighted by Crippen LogP contribution is -2.35. The maximum Gasteiger partial charge on any atom is 0.323 e. The fourth-order valence-corrected chi connectivity index (χ4v) is 1.21. The van der Waals surface area contributed by atoms with Crippen molar-refractivity contribution in [2.45, 2.75) is 0 Å². The summed E-state index contributed by atoms with van der Waals surface area (Å²) in [6.07, 6.45) is 0. The number of carbonyl (C=O) groups is 2. The third-order valence-corrected chi connectivity index (χ3v) is 2.12. The molecule has 2 N–H and O–H groups in total. The van der Waals surface area contributed by atoms with E-state index in [0.29, 0.717) is 0 Å². The van der Waals surface area contributed by atoms with E-state index >= 15 is 0 Å². The number of nitrogens with one attached hydrogen (secondary N) is 1. The van der Waals surface area contributed by atoms with E-state index in [0.717, 1.165) is 23.1 Å². The molecule has 1 aromatic rings. The second-order valence-electron chi connectivity index (χ2n) is 3.60. The minimum absolute atomic E-state index is 0.391. The number of carbonyl (C=O) groups excluding carboxylic acids is 1. The minimum atomic E-state index is -1.24. The number of likely N-dealkylation sites (N-methyl/N-ethyl adjacent to an activating group) is 1. The summed E-state index contributed by atoms with van der Waals surface area (Å²) in [6, 6.07) is 1.75. The van der Waals surface area contributed by atoms with E-state index in [4.69, 9.17) is 5.11 Å². The van der Waals surface area contributed by atoms with Crippen LogP contribution in [0.3, 0.4) is 0 Å². The van der Waals surface area contributed by atoms with Gasteiger partial charge in [0.15, 0.2) is 0 Å². The van der Waals surface area contributed by atoms with Gasteiger partial charge in [0.05, 0.1) is 10.6 Å². The minimum Gasteiger partial charge on any atom is -0.480 e. The number of hydrogen-bond donors (Lipinski definition) is 2. The third kappa shape index (κ3) is 3.91. The summed E-state index contributed by atoms with van der Waals surface area (Å²) in [7, 11) is 1.19. The predicted octanol–water partition coefficient (Wildman–Crippen LogP) is 1.28. The van der Waals surface area contributed by atoms with Crippen molar-refractivity contribution in [3.8, 4) is 0 Å². The number of anilines is 1. The molecule has 0 heterocycles. The lowest BCUT2D eigenvalue weighted by atomic mass is 10.2. The number of benzene rings is 1. The number of non-ortho nitro benzene ring substituents is 1. The highest BCUT2D eigenvalue weighted by Gasteiger charge is 2.16. The van der Waals surface area contributed by atoms with Crippen molar-refractivity contribution < 1.29 is 24.0 Å². The SMILES string of the molecule is CN(CC(=O)O)C(=O)Nc1cc([N+](=O)[O-])ccc1F. The van der Waals surface area contributed by atoms with Crippen LogP contribution in [0, 0.1) is 15.9 Å². The number of nitro groups is 1. The molecule has 8 nitrogen and oxygen atoms in total. The molecule has 9 heteroatoms. The summed E-state index contributed by atoms with van der Waals surface area (Å²) < 4.78 is 13.3. The number of nitrogens with zero attached hydrogens (tertiary/aromatic N) is 2. The highest BCUT2D eigenvalue weighted by atomic mass is 19.1. The largest absolute Gasteiger partial charge is 0.480 e. The second-order valence-corrected chi connectivity index (χ2v) is 3.60. The number of urea groups is 1. The fraction of sp³-hybridized carbons (Fsp3) is 0.200. The number of nitro benzene ring substituents is 1. The Morgan fingerprint density at radius 2 is 2.16 bits per heavy atom. The van der Waals surface area contributed by atoms with E-state index in [2.05, 4.69) is 5.32 Å². The molecule has 1 aromatic carbocycles. The van der Waals surface area contributed by atoms with E-state index in [1.807, 2.05) is 0 Å². The molecule has 0 fully saturated rings. The molecular weight excluding hydrogens is 261 g/mol. The number of halogens is 1. The quantitative estimate of drug-likeness (QED) is 0.632. The molecule has 0 saturated heterocycles. The Kier molecular flexibility index (Phi) is 4.35. The Morgan fingerprint density at radius 1 is 1.53 bits per heavy atom. The average Bonchev–Trinajstić information content (AvgIpc) is 2.30. The zero-order valence-electron chi connectivity index (χ0n) is 9.79. The van der Waals surface area contributed by atoms with Gasteiger partial charge >= 0.3 is 12.0 Å². The molecule has 0 saturated carbocycles. The van der Waals surface area contributed by atoms with Crippen LogP contribution in [0.4, 0.5) is 20.6 Å². The van der Waals surface area contributed by atoms with Crippen LogP contribution < -0.4 is 5.32 Å². The summed E-state index contributed by atoms with van der Waals surface area (Å²) in [4.78, 5) is 32.5. The van der Waals surface area contributed by atoms with Crippen LogP contribution in [0.15, 0.2) is 18.2 Å². The second kappa shape index (κ2) is 5.76. The highest BCUT2D eigenvalue weighted by Crippen LogP contribution is 2.21. The lowest BCUT2D eigenvalue weighted by molar-refractivity contribution is -0.384. The third-order valence-electron chi connectivity index (χ3n) is 2.12. The number of aliphatic carboxylic acids is 1. The molecule has 0 atom stereocenters. The van der Waals surface area contributed by atoms with Crippen molar-refractivity contribution >= 4 is 23.4 Å². The van der Waals surface area contributed by atoms with Gasteiger partial charge in [0.1, 0.15) is 12.4 Å². The van der Waals surface area contributed by atoms with Gasteiger partial charge < -0.3 is 15.3 Å². The van der Waals surface area contributed by atoms with Gasteiger partial charge in [-0.2, -0.15) is 0 Å². The summed E-state index contributed by atoms with van der Waals surface area (Å²) in [5.74, 6) is -2.10. The van der Waals surface area contributed by atoms with Gasteiger partial charge in [-0.05, 0) is 6.07 Å². The van der Waals surface area contributed by atoms with E-state index < -0.39 is 40.7 Å². The lowest BCUT2D eigenvalue weighted by Gasteiger charge is -2.15. The molecular formula is C10H10FN3O5.